The molecule has 1 fully saturated rings. The van der Waals surface area contributed by atoms with Crippen LogP contribution in [-0.4, -0.2) is 43.5 Å². The van der Waals surface area contributed by atoms with E-state index in [1.165, 1.54) is 10.5 Å². The Morgan fingerprint density at radius 1 is 1.38 bits per heavy atom. The van der Waals surface area contributed by atoms with E-state index in [4.69, 9.17) is 16.3 Å². The fourth-order valence-electron chi connectivity index (χ4n) is 2.52. The van der Waals surface area contributed by atoms with Crippen LogP contribution < -0.4 is 0 Å². The molecule has 2 aromatic rings. The van der Waals surface area contributed by atoms with Crippen molar-refractivity contribution in [1.29, 1.82) is 0 Å². The summed E-state index contributed by atoms with van der Waals surface area (Å²) in [6, 6.07) is 6.49. The summed E-state index contributed by atoms with van der Waals surface area (Å²) < 4.78 is 32.6. The van der Waals surface area contributed by atoms with Crippen LogP contribution in [0.2, 0.25) is 5.02 Å². The normalized spacial score (nSPS) is 20.8. The maximum atomic E-state index is 12.9. The molecule has 112 valence electrons. The van der Waals surface area contributed by atoms with Gasteiger partial charge in [0.1, 0.15) is 4.90 Å². The van der Waals surface area contributed by atoms with Gasteiger partial charge in [0.05, 0.1) is 23.8 Å². The number of hydrogen-bond acceptors (Lipinski definition) is 4. The van der Waals surface area contributed by atoms with Gasteiger partial charge in [-0.05, 0) is 19.1 Å². The summed E-state index contributed by atoms with van der Waals surface area (Å²) in [5.41, 5.74) is 0.406. The number of fused-ring (bicyclic) bond motifs is 1. The largest absolute Gasteiger partial charge is 0.378 e. The predicted octanol–water partition coefficient (Wildman–Crippen LogP) is 2.30. The average molecular weight is 327 g/mol. The Balaban J connectivity index is 2.17. The van der Waals surface area contributed by atoms with Crippen molar-refractivity contribution >= 4 is 32.5 Å². The average Bonchev–Trinajstić information content (AvgIpc) is 2.47. The van der Waals surface area contributed by atoms with E-state index in [9.17, 15) is 8.42 Å². The first-order valence-corrected chi connectivity index (χ1v) is 8.46. The van der Waals surface area contributed by atoms with Crippen LogP contribution in [0.3, 0.4) is 0 Å². The van der Waals surface area contributed by atoms with Gasteiger partial charge in [0, 0.05) is 24.2 Å². The first-order valence-electron chi connectivity index (χ1n) is 6.64. The van der Waals surface area contributed by atoms with E-state index < -0.39 is 10.0 Å². The summed E-state index contributed by atoms with van der Waals surface area (Å²) in [6.45, 7) is 2.99. The number of sulfonamides is 1. The molecule has 0 amide bonds. The monoisotopic (exact) mass is 326 g/mol. The van der Waals surface area contributed by atoms with Gasteiger partial charge >= 0.3 is 0 Å². The van der Waals surface area contributed by atoms with Gasteiger partial charge in [-0.1, -0.05) is 23.7 Å². The Labute approximate surface area is 128 Å². The van der Waals surface area contributed by atoms with Crippen molar-refractivity contribution in [2.24, 2.45) is 0 Å². The van der Waals surface area contributed by atoms with Crippen LogP contribution in [0.15, 0.2) is 35.4 Å². The van der Waals surface area contributed by atoms with Crippen molar-refractivity contribution in [3.63, 3.8) is 0 Å². The molecule has 1 unspecified atom stereocenters. The van der Waals surface area contributed by atoms with Crippen LogP contribution in [0, 0.1) is 0 Å². The Morgan fingerprint density at radius 3 is 2.95 bits per heavy atom. The van der Waals surface area contributed by atoms with Gasteiger partial charge in [0.2, 0.25) is 10.0 Å². The number of pyridine rings is 1. The minimum Gasteiger partial charge on any atom is -0.378 e. The van der Waals surface area contributed by atoms with E-state index in [-0.39, 0.29) is 10.9 Å². The number of benzene rings is 1. The highest BCUT2D eigenvalue weighted by molar-refractivity contribution is 7.89. The number of nitrogens with zero attached hydrogens (tertiary/aromatic N) is 2. The summed E-state index contributed by atoms with van der Waals surface area (Å²) in [6.07, 6.45) is 1.52. The van der Waals surface area contributed by atoms with Crippen molar-refractivity contribution in [3.05, 3.63) is 35.5 Å². The van der Waals surface area contributed by atoms with Crippen molar-refractivity contribution in [2.75, 3.05) is 19.8 Å². The second kappa shape index (κ2) is 5.53. The Hall–Kier alpha value is -1.21. The third kappa shape index (κ3) is 2.53. The van der Waals surface area contributed by atoms with E-state index in [0.29, 0.717) is 35.7 Å². The summed E-state index contributed by atoms with van der Waals surface area (Å²) in [5.74, 6) is 0. The molecule has 0 N–H and O–H groups in total. The number of aromatic nitrogens is 1. The Kier molecular flexibility index (Phi) is 3.88. The molecule has 0 radical (unpaired) electrons. The molecule has 5 nitrogen and oxygen atoms in total. The fraction of sp³-hybridized carbons (Fsp3) is 0.357. The zero-order chi connectivity index (χ0) is 15.0. The molecular weight excluding hydrogens is 312 g/mol. The number of morpholine rings is 1. The van der Waals surface area contributed by atoms with Gasteiger partial charge < -0.3 is 4.74 Å². The van der Waals surface area contributed by atoms with Crippen LogP contribution in [0.25, 0.3) is 10.9 Å². The zero-order valence-corrected chi connectivity index (χ0v) is 13.1. The molecule has 0 spiro atoms. The van der Waals surface area contributed by atoms with Crippen molar-refractivity contribution < 1.29 is 13.2 Å². The lowest BCUT2D eigenvalue weighted by atomic mass is 10.2. The third-order valence-electron chi connectivity index (χ3n) is 3.57. The molecule has 1 atom stereocenters. The summed E-state index contributed by atoms with van der Waals surface area (Å²) in [5, 5.41) is 1.13. The van der Waals surface area contributed by atoms with Crippen molar-refractivity contribution in [3.8, 4) is 0 Å². The number of rotatable bonds is 2. The molecule has 1 aromatic carbocycles. The Bertz CT molecular complexity index is 779. The van der Waals surface area contributed by atoms with Crippen LogP contribution in [0.4, 0.5) is 0 Å². The maximum Gasteiger partial charge on any atom is 0.245 e. The standard InChI is InChI=1S/C14H15ClN2O3S/c1-10-9-20-8-7-17(10)21(18,19)13-4-2-3-11-12(15)5-6-16-14(11)13/h2-6,10H,7-9H2,1H3. The van der Waals surface area contributed by atoms with Crippen LogP contribution >= 0.6 is 11.6 Å². The molecule has 1 aromatic heterocycles. The van der Waals surface area contributed by atoms with Gasteiger partial charge in [0.15, 0.2) is 0 Å². The second-order valence-corrected chi connectivity index (χ2v) is 7.25. The molecule has 0 bridgehead atoms. The maximum absolute atomic E-state index is 12.9. The lowest BCUT2D eigenvalue weighted by Crippen LogP contribution is -2.47. The molecule has 1 aliphatic heterocycles. The van der Waals surface area contributed by atoms with E-state index in [0.717, 1.165) is 0 Å². The van der Waals surface area contributed by atoms with E-state index >= 15 is 0 Å². The molecule has 0 saturated carbocycles. The summed E-state index contributed by atoms with van der Waals surface area (Å²) in [4.78, 5) is 4.40. The van der Waals surface area contributed by atoms with Crippen LogP contribution in [-0.2, 0) is 14.8 Å². The highest BCUT2D eigenvalue weighted by Gasteiger charge is 2.33. The van der Waals surface area contributed by atoms with E-state index in [2.05, 4.69) is 4.98 Å². The molecular formula is C14H15ClN2O3S. The van der Waals surface area contributed by atoms with Crippen molar-refractivity contribution in [2.45, 2.75) is 17.9 Å². The Morgan fingerprint density at radius 2 is 2.19 bits per heavy atom. The number of para-hydroxylation sites is 1. The minimum atomic E-state index is -3.62. The first-order chi connectivity index (χ1) is 10.0. The van der Waals surface area contributed by atoms with Crippen LogP contribution in [0.1, 0.15) is 6.92 Å². The lowest BCUT2D eigenvalue weighted by Gasteiger charge is -2.32. The topological polar surface area (TPSA) is 59.5 Å². The lowest BCUT2D eigenvalue weighted by molar-refractivity contribution is 0.0393. The fourth-order valence-corrected chi connectivity index (χ4v) is 4.49. The molecule has 0 aliphatic carbocycles. The molecule has 1 aliphatic rings. The number of ether oxygens (including phenoxy) is 1. The van der Waals surface area contributed by atoms with Gasteiger partial charge in [-0.25, -0.2) is 8.42 Å². The minimum absolute atomic E-state index is 0.191. The molecule has 2 heterocycles. The van der Waals surface area contributed by atoms with Crippen molar-refractivity contribution in [1.82, 2.24) is 9.29 Å². The smallest absolute Gasteiger partial charge is 0.245 e. The molecule has 3 rings (SSSR count). The van der Waals surface area contributed by atoms with Gasteiger partial charge in [-0.3, -0.25) is 4.98 Å². The van der Waals surface area contributed by atoms with Crippen LogP contribution in [0.5, 0.6) is 0 Å². The van der Waals surface area contributed by atoms with Gasteiger partial charge in [-0.2, -0.15) is 4.31 Å². The third-order valence-corrected chi connectivity index (χ3v) is 5.95. The number of hydrogen-bond donors (Lipinski definition) is 0. The van der Waals surface area contributed by atoms with Gasteiger partial charge in [-0.15, -0.1) is 0 Å². The van der Waals surface area contributed by atoms with E-state index in [1.807, 2.05) is 6.92 Å². The van der Waals surface area contributed by atoms with E-state index in [1.54, 1.807) is 24.3 Å². The molecule has 7 heteroatoms. The second-order valence-electron chi connectivity index (χ2n) is 4.98. The summed E-state index contributed by atoms with van der Waals surface area (Å²) in [7, 11) is -3.62. The summed E-state index contributed by atoms with van der Waals surface area (Å²) >= 11 is 6.13. The van der Waals surface area contributed by atoms with Gasteiger partial charge in [0.25, 0.3) is 0 Å². The zero-order valence-electron chi connectivity index (χ0n) is 11.5. The highest BCUT2D eigenvalue weighted by atomic mass is 35.5. The first kappa shape index (κ1) is 14.7. The highest BCUT2D eigenvalue weighted by Crippen LogP contribution is 2.29. The molecule has 21 heavy (non-hydrogen) atoms. The number of halogens is 1. The quantitative estimate of drug-likeness (QED) is 0.849. The predicted molar refractivity (Wildman–Crippen MR) is 80.9 cm³/mol. The molecule has 1 saturated heterocycles. The SMILES string of the molecule is CC1COCCN1S(=O)(=O)c1cccc2c(Cl)ccnc12.